The van der Waals surface area contributed by atoms with Crippen molar-refractivity contribution in [2.45, 2.75) is 6.92 Å². The SMILES string of the molecule is COc1cccc(C)n1.[K]. The third-order valence-corrected chi connectivity index (χ3v) is 1.07. The van der Waals surface area contributed by atoms with Gasteiger partial charge in [0.15, 0.2) is 0 Å². The number of hydrogen-bond donors (Lipinski definition) is 0. The van der Waals surface area contributed by atoms with Gasteiger partial charge in [-0.1, -0.05) is 6.07 Å². The van der Waals surface area contributed by atoms with Crippen molar-refractivity contribution in [1.82, 2.24) is 4.98 Å². The van der Waals surface area contributed by atoms with Crippen molar-refractivity contribution in [2.24, 2.45) is 0 Å². The van der Waals surface area contributed by atoms with Crippen LogP contribution in [-0.4, -0.2) is 63.5 Å². The number of pyridine rings is 1. The molecule has 0 fully saturated rings. The van der Waals surface area contributed by atoms with Crippen LogP contribution >= 0.6 is 0 Å². The standard InChI is InChI=1S/C7H9NO.K/c1-6-4-3-5-7(8-6)9-2;/h3-5H,1-2H3;. The van der Waals surface area contributed by atoms with Crippen molar-refractivity contribution >= 4 is 51.4 Å². The Hall–Kier alpha value is 0.586. The summed E-state index contributed by atoms with van der Waals surface area (Å²) in [5, 5.41) is 0. The second kappa shape index (κ2) is 5.26. The quantitative estimate of drug-likeness (QED) is 0.575. The minimum absolute atomic E-state index is 0. The Kier molecular flexibility index (Phi) is 5.57. The van der Waals surface area contributed by atoms with E-state index in [1.807, 2.05) is 25.1 Å². The number of aromatic nitrogens is 1. The number of ether oxygens (including phenoxy) is 1. The second-order valence-electron chi connectivity index (χ2n) is 1.82. The van der Waals surface area contributed by atoms with Gasteiger partial charge in [-0.2, -0.15) is 0 Å². The number of hydrogen-bond acceptors (Lipinski definition) is 2. The van der Waals surface area contributed by atoms with Crippen LogP contribution in [0.4, 0.5) is 0 Å². The van der Waals surface area contributed by atoms with E-state index in [0.29, 0.717) is 5.88 Å². The first-order chi connectivity index (χ1) is 4.33. The maximum absolute atomic E-state index is 4.88. The Balaban J connectivity index is 0.000000810. The summed E-state index contributed by atoms with van der Waals surface area (Å²) in [5.74, 6) is 0.676. The topological polar surface area (TPSA) is 22.1 Å². The molecule has 0 N–H and O–H groups in total. The van der Waals surface area contributed by atoms with Crippen LogP contribution in [0.1, 0.15) is 5.69 Å². The molecule has 3 heteroatoms. The van der Waals surface area contributed by atoms with E-state index in [1.165, 1.54) is 0 Å². The molecule has 0 atom stereocenters. The van der Waals surface area contributed by atoms with Crippen LogP contribution in [0, 0.1) is 6.92 Å². The Morgan fingerprint density at radius 1 is 1.40 bits per heavy atom. The molecule has 1 aromatic heterocycles. The summed E-state index contributed by atoms with van der Waals surface area (Å²) in [6.45, 7) is 1.93. The van der Waals surface area contributed by atoms with E-state index in [9.17, 15) is 0 Å². The number of rotatable bonds is 1. The molecule has 1 radical (unpaired) electrons. The van der Waals surface area contributed by atoms with Gasteiger partial charge in [-0.25, -0.2) is 4.98 Å². The summed E-state index contributed by atoms with van der Waals surface area (Å²) in [5.41, 5.74) is 0.981. The van der Waals surface area contributed by atoms with Crippen LogP contribution in [0.2, 0.25) is 0 Å². The van der Waals surface area contributed by atoms with Gasteiger partial charge in [0.2, 0.25) is 5.88 Å². The van der Waals surface area contributed by atoms with E-state index in [2.05, 4.69) is 4.98 Å². The van der Waals surface area contributed by atoms with Crippen LogP contribution in [0.25, 0.3) is 0 Å². The molecule has 0 amide bonds. The van der Waals surface area contributed by atoms with E-state index in [1.54, 1.807) is 7.11 Å². The summed E-state index contributed by atoms with van der Waals surface area (Å²) in [7, 11) is 1.61. The molecule has 1 aromatic rings. The predicted molar refractivity (Wildman–Crippen MR) is 41.3 cm³/mol. The molecule has 0 saturated heterocycles. The average Bonchev–Trinajstić information content (AvgIpc) is 1.88. The zero-order valence-electron chi connectivity index (χ0n) is 6.59. The van der Waals surface area contributed by atoms with E-state index in [4.69, 9.17) is 4.74 Å². The van der Waals surface area contributed by atoms with Crippen molar-refractivity contribution < 1.29 is 4.74 Å². The molecule has 0 aliphatic heterocycles. The van der Waals surface area contributed by atoms with Crippen molar-refractivity contribution in [3.63, 3.8) is 0 Å². The predicted octanol–water partition coefficient (Wildman–Crippen LogP) is 1.02. The molecular formula is C7H9KNO. The van der Waals surface area contributed by atoms with Crippen LogP contribution in [0.5, 0.6) is 5.88 Å². The monoisotopic (exact) mass is 162 g/mol. The Bertz CT molecular complexity index is 203. The molecule has 10 heavy (non-hydrogen) atoms. The van der Waals surface area contributed by atoms with Gasteiger partial charge < -0.3 is 4.74 Å². The molecule has 0 aliphatic carbocycles. The normalized spacial score (nSPS) is 8.20. The Morgan fingerprint density at radius 3 is 2.50 bits per heavy atom. The fourth-order valence-electron chi connectivity index (χ4n) is 0.632. The Morgan fingerprint density at radius 2 is 2.10 bits per heavy atom. The van der Waals surface area contributed by atoms with Crippen LogP contribution in [0.15, 0.2) is 18.2 Å². The van der Waals surface area contributed by atoms with Gasteiger partial charge in [0, 0.05) is 63.1 Å². The number of nitrogens with zero attached hydrogens (tertiary/aromatic N) is 1. The average molecular weight is 162 g/mol. The fraction of sp³-hybridized carbons (Fsp3) is 0.286. The summed E-state index contributed by atoms with van der Waals surface area (Å²) >= 11 is 0. The first-order valence-electron chi connectivity index (χ1n) is 2.80. The summed E-state index contributed by atoms with van der Waals surface area (Å²) in [6.07, 6.45) is 0. The molecule has 1 rings (SSSR count). The van der Waals surface area contributed by atoms with Crippen molar-refractivity contribution in [1.29, 1.82) is 0 Å². The second-order valence-corrected chi connectivity index (χ2v) is 1.82. The summed E-state index contributed by atoms with van der Waals surface area (Å²) in [4.78, 5) is 4.07. The molecular weight excluding hydrogens is 153 g/mol. The maximum Gasteiger partial charge on any atom is 0.213 e. The molecule has 2 nitrogen and oxygen atoms in total. The largest absolute Gasteiger partial charge is 0.481 e. The van der Waals surface area contributed by atoms with Gasteiger partial charge in [-0.3, -0.25) is 0 Å². The number of aryl methyl sites for hydroxylation is 1. The molecule has 1 heterocycles. The van der Waals surface area contributed by atoms with E-state index in [0.717, 1.165) is 5.69 Å². The van der Waals surface area contributed by atoms with Gasteiger partial charge in [-0.15, -0.1) is 0 Å². The molecule has 0 aliphatic rings. The zero-order chi connectivity index (χ0) is 6.69. The van der Waals surface area contributed by atoms with Crippen LogP contribution < -0.4 is 4.74 Å². The third kappa shape index (κ3) is 3.12. The van der Waals surface area contributed by atoms with Gasteiger partial charge in [0.25, 0.3) is 0 Å². The molecule has 49 valence electrons. The van der Waals surface area contributed by atoms with Crippen LogP contribution in [-0.2, 0) is 0 Å². The summed E-state index contributed by atoms with van der Waals surface area (Å²) < 4.78 is 4.88. The van der Waals surface area contributed by atoms with Gasteiger partial charge in [0.1, 0.15) is 0 Å². The smallest absolute Gasteiger partial charge is 0.213 e. The van der Waals surface area contributed by atoms with E-state index < -0.39 is 0 Å². The molecule has 0 spiro atoms. The van der Waals surface area contributed by atoms with Crippen molar-refractivity contribution in [3.8, 4) is 5.88 Å². The molecule has 0 aromatic carbocycles. The summed E-state index contributed by atoms with van der Waals surface area (Å²) in [6, 6.07) is 5.68. The number of methoxy groups -OCH3 is 1. The van der Waals surface area contributed by atoms with E-state index in [-0.39, 0.29) is 51.4 Å². The minimum Gasteiger partial charge on any atom is -0.481 e. The first-order valence-corrected chi connectivity index (χ1v) is 2.80. The zero-order valence-corrected chi connectivity index (χ0v) is 9.71. The van der Waals surface area contributed by atoms with Gasteiger partial charge in [-0.05, 0) is 13.0 Å². The molecule has 0 unspecified atom stereocenters. The van der Waals surface area contributed by atoms with Gasteiger partial charge in [0.05, 0.1) is 7.11 Å². The minimum atomic E-state index is 0. The maximum atomic E-state index is 4.88. The first kappa shape index (κ1) is 10.6. The van der Waals surface area contributed by atoms with Crippen LogP contribution in [0.3, 0.4) is 0 Å². The fourth-order valence-corrected chi connectivity index (χ4v) is 0.632. The van der Waals surface area contributed by atoms with Crippen molar-refractivity contribution in [2.75, 3.05) is 7.11 Å². The van der Waals surface area contributed by atoms with E-state index >= 15 is 0 Å². The molecule has 0 saturated carbocycles. The van der Waals surface area contributed by atoms with Crippen molar-refractivity contribution in [3.05, 3.63) is 23.9 Å². The van der Waals surface area contributed by atoms with Gasteiger partial charge >= 0.3 is 0 Å². The molecule has 0 bridgehead atoms. The third-order valence-electron chi connectivity index (χ3n) is 1.07. The Labute approximate surface area is 103 Å².